The highest BCUT2D eigenvalue weighted by atomic mass is 79.9. The van der Waals surface area contributed by atoms with Crippen molar-refractivity contribution in [3.8, 4) is 0 Å². The van der Waals surface area contributed by atoms with Gasteiger partial charge in [0, 0.05) is 0 Å². The Bertz CT molecular complexity index is 363. The Balaban J connectivity index is 4.33. The molecule has 0 saturated heterocycles. The smallest absolute Gasteiger partial charge is 0.322 e. The van der Waals surface area contributed by atoms with Crippen LogP contribution in [0.1, 0.15) is 20.8 Å². The highest BCUT2D eigenvalue weighted by Gasteiger charge is 2.37. The van der Waals surface area contributed by atoms with E-state index in [0.29, 0.717) is 6.61 Å². The summed E-state index contributed by atoms with van der Waals surface area (Å²) in [5, 5.41) is 9.36. The van der Waals surface area contributed by atoms with Gasteiger partial charge in [-0.05, 0) is 20.8 Å². The Kier molecular flexibility index (Phi) is 8.77. The molecule has 0 aromatic rings. The van der Waals surface area contributed by atoms with E-state index in [2.05, 4.69) is 22.5 Å². The maximum atomic E-state index is 11.9. The highest BCUT2D eigenvalue weighted by molar-refractivity contribution is 9.10. The minimum absolute atomic E-state index is 0.0557. The fraction of sp³-hybridized carbons (Fsp3) is 0.714. The van der Waals surface area contributed by atoms with Crippen LogP contribution in [0.4, 0.5) is 0 Å². The molecule has 0 aliphatic rings. The molecule has 1 unspecified atom stereocenters. The van der Waals surface area contributed by atoms with Crippen molar-refractivity contribution in [2.24, 2.45) is 5.41 Å². The molecule has 6 nitrogen and oxygen atoms in total. The molecule has 0 saturated carbocycles. The summed E-state index contributed by atoms with van der Waals surface area (Å²) < 4.78 is 14.3. The number of hydrogen-bond donors (Lipinski definition) is 1. The second-order valence-corrected chi connectivity index (χ2v) is 7.25. The van der Waals surface area contributed by atoms with Crippen LogP contribution >= 0.6 is 15.9 Å². The lowest BCUT2D eigenvalue weighted by molar-refractivity contribution is -0.167. The molecule has 7 heteroatoms. The molecule has 0 rings (SSSR count). The number of halogens is 1. The molecule has 21 heavy (non-hydrogen) atoms. The molecule has 1 atom stereocenters. The van der Waals surface area contributed by atoms with Crippen molar-refractivity contribution in [3.63, 3.8) is 0 Å². The number of hydrogen-bond acceptors (Lipinski definition) is 6. The molecular formula is C14H23BrO6. The van der Waals surface area contributed by atoms with Crippen LogP contribution in [-0.4, -0.2) is 54.4 Å². The summed E-state index contributed by atoms with van der Waals surface area (Å²) in [6.07, 6.45) is 1.58. The van der Waals surface area contributed by atoms with Gasteiger partial charge >= 0.3 is 11.9 Å². The summed E-state index contributed by atoms with van der Waals surface area (Å²) in [4.78, 5) is 23.6. The number of aliphatic hydroxyl groups excluding tert-OH is 1. The molecule has 0 amide bonds. The van der Waals surface area contributed by atoms with Gasteiger partial charge in [-0.25, -0.2) is 0 Å². The molecule has 1 N–H and O–H groups in total. The lowest BCUT2D eigenvalue weighted by Crippen LogP contribution is -2.41. The monoisotopic (exact) mass is 366 g/mol. The quantitative estimate of drug-likeness (QED) is 0.272. The number of ether oxygens (including phenoxy) is 3. The third-order valence-electron chi connectivity index (χ3n) is 2.55. The third-order valence-corrected chi connectivity index (χ3v) is 2.87. The number of carbonyl (C=O) groups excluding carboxylic acids is 2. The summed E-state index contributed by atoms with van der Waals surface area (Å²) in [5.74, 6) is -1.17. The Morgan fingerprint density at radius 2 is 1.81 bits per heavy atom. The summed E-state index contributed by atoms with van der Waals surface area (Å²) in [5.41, 5.74) is -1.30. The molecule has 0 radical (unpaired) electrons. The molecule has 122 valence electrons. The molecule has 0 heterocycles. The van der Waals surface area contributed by atoms with Crippen LogP contribution in [0.25, 0.3) is 0 Å². The van der Waals surface area contributed by atoms with Crippen molar-refractivity contribution < 1.29 is 28.9 Å². The van der Waals surface area contributed by atoms with Gasteiger partial charge in [-0.1, -0.05) is 22.0 Å². The van der Waals surface area contributed by atoms with Gasteiger partial charge in [-0.15, -0.1) is 6.58 Å². The average molecular weight is 367 g/mol. The zero-order chi connectivity index (χ0) is 16.5. The third kappa shape index (κ3) is 7.59. The van der Waals surface area contributed by atoms with Crippen molar-refractivity contribution in [2.75, 3.05) is 33.0 Å². The summed E-state index contributed by atoms with van der Waals surface area (Å²) in [7, 11) is 0. The molecule has 0 aromatic carbocycles. The highest BCUT2D eigenvalue weighted by Crippen LogP contribution is 2.22. The Hall–Kier alpha value is -0.920. The minimum atomic E-state index is -1.30. The molecule has 0 spiro atoms. The van der Waals surface area contributed by atoms with E-state index < -0.39 is 28.3 Å². The van der Waals surface area contributed by atoms with Gasteiger partial charge in [0.2, 0.25) is 0 Å². The van der Waals surface area contributed by atoms with Gasteiger partial charge in [0.25, 0.3) is 0 Å². The van der Waals surface area contributed by atoms with Crippen LogP contribution in [0.3, 0.4) is 0 Å². The van der Waals surface area contributed by atoms with Gasteiger partial charge in [-0.3, -0.25) is 9.59 Å². The Morgan fingerprint density at radius 3 is 2.29 bits per heavy atom. The Labute approximate surface area is 133 Å². The van der Waals surface area contributed by atoms with Crippen molar-refractivity contribution in [1.29, 1.82) is 0 Å². The fourth-order valence-corrected chi connectivity index (χ4v) is 1.21. The lowest BCUT2D eigenvalue weighted by Gasteiger charge is -2.26. The zero-order valence-electron chi connectivity index (χ0n) is 12.7. The topological polar surface area (TPSA) is 82.1 Å². The van der Waals surface area contributed by atoms with Crippen LogP contribution < -0.4 is 0 Å². The average Bonchev–Trinajstić information content (AvgIpc) is 2.42. The van der Waals surface area contributed by atoms with E-state index in [1.807, 2.05) is 0 Å². The first kappa shape index (κ1) is 20.1. The molecule has 0 aromatic heterocycles. The number of rotatable bonds is 10. The van der Waals surface area contributed by atoms with Crippen LogP contribution in [0.2, 0.25) is 0 Å². The van der Waals surface area contributed by atoms with Gasteiger partial charge in [0.1, 0.15) is 23.0 Å². The maximum absolute atomic E-state index is 11.9. The second-order valence-electron chi connectivity index (χ2n) is 5.27. The van der Waals surface area contributed by atoms with E-state index >= 15 is 0 Å². The normalized spacial score (nSPS) is 14.1. The van der Waals surface area contributed by atoms with Gasteiger partial charge in [-0.2, -0.15) is 0 Å². The maximum Gasteiger partial charge on any atom is 0.322 e. The molecule has 0 fully saturated rings. The predicted molar refractivity (Wildman–Crippen MR) is 81.1 cm³/mol. The largest absolute Gasteiger partial charge is 0.463 e. The van der Waals surface area contributed by atoms with Crippen molar-refractivity contribution in [3.05, 3.63) is 12.7 Å². The molecular weight excluding hydrogens is 344 g/mol. The second kappa shape index (κ2) is 9.17. The molecule has 0 aliphatic carbocycles. The van der Waals surface area contributed by atoms with Crippen LogP contribution in [-0.2, 0) is 23.8 Å². The van der Waals surface area contributed by atoms with Crippen molar-refractivity contribution >= 4 is 27.9 Å². The lowest BCUT2D eigenvalue weighted by atomic mass is 9.93. The van der Waals surface area contributed by atoms with Gasteiger partial charge in [0.15, 0.2) is 0 Å². The van der Waals surface area contributed by atoms with Gasteiger partial charge < -0.3 is 19.3 Å². The van der Waals surface area contributed by atoms with E-state index in [4.69, 9.17) is 14.2 Å². The summed E-state index contributed by atoms with van der Waals surface area (Å²) in [6, 6.07) is 0. The minimum Gasteiger partial charge on any atom is -0.463 e. The van der Waals surface area contributed by atoms with E-state index in [9.17, 15) is 14.7 Å². The van der Waals surface area contributed by atoms with Crippen molar-refractivity contribution in [2.45, 2.75) is 25.1 Å². The number of esters is 2. The van der Waals surface area contributed by atoms with E-state index in [1.54, 1.807) is 19.9 Å². The molecule has 0 bridgehead atoms. The van der Waals surface area contributed by atoms with Crippen LogP contribution in [0, 0.1) is 5.41 Å². The number of aliphatic hydroxyl groups is 1. The zero-order valence-corrected chi connectivity index (χ0v) is 14.3. The first-order valence-corrected chi connectivity index (χ1v) is 7.29. The number of alkyl halides is 1. The molecule has 0 aliphatic heterocycles. The van der Waals surface area contributed by atoms with Crippen LogP contribution in [0.15, 0.2) is 12.7 Å². The number of carbonyl (C=O) groups is 2. The summed E-state index contributed by atoms with van der Waals surface area (Å²) >= 11 is 3.16. The van der Waals surface area contributed by atoms with E-state index in [0.717, 1.165) is 0 Å². The summed E-state index contributed by atoms with van der Waals surface area (Å²) in [6.45, 7) is 8.11. The predicted octanol–water partition coefficient (Wildman–Crippen LogP) is 1.45. The van der Waals surface area contributed by atoms with Gasteiger partial charge in [0.05, 0.1) is 19.8 Å². The SMILES string of the molecule is C=CCOCCOC(=O)C(C)(CO)COC(=O)C(C)(C)Br. The Morgan fingerprint density at radius 1 is 1.19 bits per heavy atom. The van der Waals surface area contributed by atoms with E-state index in [-0.39, 0.29) is 19.8 Å². The first-order valence-electron chi connectivity index (χ1n) is 6.50. The van der Waals surface area contributed by atoms with Crippen molar-refractivity contribution in [1.82, 2.24) is 0 Å². The standard InChI is InChI=1S/C14H23BrO6/c1-5-6-19-7-8-20-12(18)14(4,9-16)10-21-11(17)13(2,3)15/h5,16H,1,6-10H2,2-4H3. The van der Waals surface area contributed by atoms with Crippen LogP contribution in [0.5, 0.6) is 0 Å². The first-order chi connectivity index (χ1) is 9.67. The van der Waals surface area contributed by atoms with E-state index in [1.165, 1.54) is 6.92 Å². The fourth-order valence-electron chi connectivity index (χ4n) is 1.10.